The molecule has 0 aromatic heterocycles. The Labute approximate surface area is 107 Å². The average molecular weight is 250 g/mol. The molecule has 0 saturated carbocycles. The predicted octanol–water partition coefficient (Wildman–Crippen LogP) is 2.46. The molecule has 1 fully saturated rings. The zero-order valence-corrected chi connectivity index (χ0v) is 10.8. The number of benzene rings is 1. The Morgan fingerprint density at radius 3 is 3.00 bits per heavy atom. The van der Waals surface area contributed by atoms with Gasteiger partial charge in [0.1, 0.15) is 5.82 Å². The molecule has 1 heterocycles. The maximum Gasteiger partial charge on any atom is 0.227 e. The molecule has 0 unspecified atom stereocenters. The lowest BCUT2D eigenvalue weighted by atomic mass is 9.92. The molecule has 1 aliphatic heterocycles. The van der Waals surface area contributed by atoms with Gasteiger partial charge in [-0.25, -0.2) is 4.39 Å². The highest BCUT2D eigenvalue weighted by Gasteiger charge is 2.24. The van der Waals surface area contributed by atoms with Gasteiger partial charge in [-0.3, -0.25) is 4.79 Å². The minimum atomic E-state index is -0.324. The summed E-state index contributed by atoms with van der Waals surface area (Å²) in [5.41, 5.74) is 1.46. The number of halogens is 1. The number of aryl methyl sites for hydroxylation is 1. The Kier molecular flexibility index (Phi) is 3.97. The fourth-order valence-corrected chi connectivity index (χ4v) is 2.33. The lowest BCUT2D eigenvalue weighted by Gasteiger charge is -2.27. The number of piperidine rings is 1. The van der Waals surface area contributed by atoms with E-state index in [1.807, 2.05) is 6.92 Å². The summed E-state index contributed by atoms with van der Waals surface area (Å²) in [5, 5.41) is 6.15. The lowest BCUT2D eigenvalue weighted by Crippen LogP contribution is -2.40. The monoisotopic (exact) mass is 250 g/mol. The number of hydrogen-bond acceptors (Lipinski definition) is 2. The highest BCUT2D eigenvalue weighted by molar-refractivity contribution is 5.93. The van der Waals surface area contributed by atoms with Crippen LogP contribution in [0.4, 0.5) is 10.1 Å². The third-order valence-corrected chi connectivity index (χ3v) is 3.45. The number of hydrogen-bond donors (Lipinski definition) is 2. The van der Waals surface area contributed by atoms with Crippen molar-refractivity contribution in [2.75, 3.05) is 11.9 Å². The molecule has 4 heteroatoms. The quantitative estimate of drug-likeness (QED) is 0.846. The van der Waals surface area contributed by atoms with Crippen molar-refractivity contribution in [2.24, 2.45) is 5.92 Å². The standard InChI is InChI=1S/C14H19FN2O/c1-9-3-4-12(15)8-13(9)17-14(18)11-5-6-16-10(2)7-11/h3-4,8,10-11,16H,5-7H2,1-2H3,(H,17,18)/t10-,11-/m0/s1. The van der Waals surface area contributed by atoms with E-state index in [9.17, 15) is 9.18 Å². The molecule has 18 heavy (non-hydrogen) atoms. The van der Waals surface area contributed by atoms with Gasteiger partial charge in [0.05, 0.1) is 0 Å². The normalized spacial score (nSPS) is 23.7. The van der Waals surface area contributed by atoms with Gasteiger partial charge >= 0.3 is 0 Å². The minimum absolute atomic E-state index is 0.00273. The molecule has 0 spiro atoms. The second-order valence-corrected chi connectivity index (χ2v) is 5.02. The van der Waals surface area contributed by atoms with E-state index in [0.29, 0.717) is 11.7 Å². The molecule has 98 valence electrons. The fourth-order valence-electron chi connectivity index (χ4n) is 2.33. The van der Waals surface area contributed by atoms with Crippen LogP contribution >= 0.6 is 0 Å². The van der Waals surface area contributed by atoms with Gasteiger partial charge in [-0.15, -0.1) is 0 Å². The van der Waals surface area contributed by atoms with E-state index < -0.39 is 0 Å². The van der Waals surface area contributed by atoms with Crippen molar-refractivity contribution in [3.63, 3.8) is 0 Å². The number of nitrogens with one attached hydrogen (secondary N) is 2. The summed E-state index contributed by atoms with van der Waals surface area (Å²) in [6, 6.07) is 4.81. The molecule has 1 aromatic rings. The molecular weight excluding hydrogens is 231 g/mol. The van der Waals surface area contributed by atoms with Gasteiger partial charge in [-0.2, -0.15) is 0 Å². The van der Waals surface area contributed by atoms with Crippen molar-refractivity contribution in [1.82, 2.24) is 5.32 Å². The number of rotatable bonds is 2. The van der Waals surface area contributed by atoms with Crippen molar-refractivity contribution >= 4 is 11.6 Å². The van der Waals surface area contributed by atoms with Gasteiger partial charge in [0, 0.05) is 17.6 Å². The second kappa shape index (κ2) is 5.48. The number of anilines is 1. The van der Waals surface area contributed by atoms with Crippen LogP contribution in [-0.2, 0) is 4.79 Å². The van der Waals surface area contributed by atoms with Gasteiger partial charge in [-0.1, -0.05) is 6.07 Å². The van der Waals surface area contributed by atoms with Gasteiger partial charge in [-0.05, 0) is 50.9 Å². The lowest BCUT2D eigenvalue weighted by molar-refractivity contribution is -0.120. The van der Waals surface area contributed by atoms with E-state index >= 15 is 0 Å². The minimum Gasteiger partial charge on any atom is -0.326 e. The molecule has 3 nitrogen and oxygen atoms in total. The first-order valence-electron chi connectivity index (χ1n) is 6.36. The zero-order chi connectivity index (χ0) is 13.1. The van der Waals surface area contributed by atoms with Crippen LogP contribution in [0.1, 0.15) is 25.3 Å². The largest absolute Gasteiger partial charge is 0.326 e. The van der Waals surface area contributed by atoms with E-state index in [1.165, 1.54) is 12.1 Å². The van der Waals surface area contributed by atoms with Crippen LogP contribution in [0, 0.1) is 18.7 Å². The highest BCUT2D eigenvalue weighted by Crippen LogP contribution is 2.21. The van der Waals surface area contributed by atoms with E-state index in [4.69, 9.17) is 0 Å². The Bertz CT molecular complexity index is 447. The Hall–Kier alpha value is -1.42. The first kappa shape index (κ1) is 13.0. The first-order valence-corrected chi connectivity index (χ1v) is 6.36. The predicted molar refractivity (Wildman–Crippen MR) is 70.0 cm³/mol. The third-order valence-electron chi connectivity index (χ3n) is 3.45. The third kappa shape index (κ3) is 3.07. The fraction of sp³-hybridized carbons (Fsp3) is 0.500. The second-order valence-electron chi connectivity index (χ2n) is 5.02. The van der Waals surface area contributed by atoms with Crippen molar-refractivity contribution in [1.29, 1.82) is 0 Å². The Balaban J connectivity index is 2.04. The van der Waals surface area contributed by atoms with E-state index in [0.717, 1.165) is 24.9 Å². The van der Waals surface area contributed by atoms with Crippen molar-refractivity contribution < 1.29 is 9.18 Å². The first-order chi connectivity index (χ1) is 8.56. The van der Waals surface area contributed by atoms with Gasteiger partial charge in [0.25, 0.3) is 0 Å². The highest BCUT2D eigenvalue weighted by atomic mass is 19.1. The van der Waals surface area contributed by atoms with E-state index in [2.05, 4.69) is 17.6 Å². The van der Waals surface area contributed by atoms with Crippen molar-refractivity contribution in [3.8, 4) is 0 Å². The number of carbonyl (C=O) groups excluding carboxylic acids is 1. The van der Waals surface area contributed by atoms with Gasteiger partial charge in [0.15, 0.2) is 0 Å². The molecule has 2 rings (SSSR count). The molecule has 2 N–H and O–H groups in total. The molecule has 0 radical (unpaired) electrons. The SMILES string of the molecule is Cc1ccc(F)cc1NC(=O)[C@H]1CCN[C@@H](C)C1. The molecule has 0 aliphatic carbocycles. The Morgan fingerprint density at radius 1 is 1.50 bits per heavy atom. The van der Waals surface area contributed by atoms with E-state index in [-0.39, 0.29) is 17.6 Å². The maximum absolute atomic E-state index is 13.1. The number of amides is 1. The molecule has 1 amide bonds. The van der Waals surface area contributed by atoms with Crippen LogP contribution in [0.25, 0.3) is 0 Å². The summed E-state index contributed by atoms with van der Waals surface area (Å²) in [6.07, 6.45) is 1.67. The summed E-state index contributed by atoms with van der Waals surface area (Å²) in [6.45, 7) is 4.80. The van der Waals surface area contributed by atoms with Crippen LogP contribution in [0.3, 0.4) is 0 Å². The molecule has 1 aliphatic rings. The van der Waals surface area contributed by atoms with Crippen molar-refractivity contribution in [2.45, 2.75) is 32.7 Å². The molecular formula is C14H19FN2O. The summed E-state index contributed by atoms with van der Waals surface area (Å²) in [5.74, 6) is -0.310. The molecule has 1 saturated heterocycles. The molecule has 0 bridgehead atoms. The van der Waals surface area contributed by atoms with Crippen molar-refractivity contribution in [3.05, 3.63) is 29.6 Å². The van der Waals surface area contributed by atoms with E-state index in [1.54, 1.807) is 6.07 Å². The van der Waals surface area contributed by atoms with Gasteiger partial charge < -0.3 is 10.6 Å². The van der Waals surface area contributed by atoms with Crippen LogP contribution < -0.4 is 10.6 Å². The molecule has 1 aromatic carbocycles. The smallest absolute Gasteiger partial charge is 0.227 e. The summed E-state index contributed by atoms with van der Waals surface area (Å²) >= 11 is 0. The van der Waals surface area contributed by atoms with Crippen LogP contribution in [0.5, 0.6) is 0 Å². The summed E-state index contributed by atoms with van der Waals surface area (Å²) in [7, 11) is 0. The number of carbonyl (C=O) groups is 1. The molecule has 2 atom stereocenters. The topological polar surface area (TPSA) is 41.1 Å². The summed E-state index contributed by atoms with van der Waals surface area (Å²) < 4.78 is 13.1. The van der Waals surface area contributed by atoms with Gasteiger partial charge in [0.2, 0.25) is 5.91 Å². The Morgan fingerprint density at radius 2 is 2.28 bits per heavy atom. The summed E-state index contributed by atoms with van der Waals surface area (Å²) in [4.78, 5) is 12.1. The zero-order valence-electron chi connectivity index (χ0n) is 10.8. The van der Waals surface area contributed by atoms with Crippen LogP contribution in [0.2, 0.25) is 0 Å². The van der Waals surface area contributed by atoms with Crippen LogP contribution in [0.15, 0.2) is 18.2 Å². The van der Waals surface area contributed by atoms with Crippen LogP contribution in [-0.4, -0.2) is 18.5 Å². The average Bonchev–Trinajstić information content (AvgIpc) is 2.34. The maximum atomic E-state index is 13.1.